The molecule has 0 radical (unpaired) electrons. The van der Waals surface area contributed by atoms with Crippen LogP contribution in [0.15, 0.2) is 0 Å². The van der Waals surface area contributed by atoms with Gasteiger partial charge in [-0.1, -0.05) is 20.8 Å². The van der Waals surface area contributed by atoms with Crippen LogP contribution in [0.1, 0.15) is 34.6 Å². The van der Waals surface area contributed by atoms with Crippen molar-refractivity contribution in [3.63, 3.8) is 0 Å². The van der Waals surface area contributed by atoms with Gasteiger partial charge in [0.25, 0.3) is 0 Å². The maximum Gasteiger partial charge on any atom is 0.315 e. The molecular formula is C13H24O4S2. The largest absolute Gasteiger partial charge is 0.465 e. The maximum absolute atomic E-state index is 11.4. The normalized spacial score (nSPS) is 11.5. The van der Waals surface area contributed by atoms with Gasteiger partial charge in [-0.05, 0) is 19.3 Å². The monoisotopic (exact) mass is 308 g/mol. The van der Waals surface area contributed by atoms with Gasteiger partial charge in [0.05, 0.1) is 29.3 Å². The molecular weight excluding hydrogens is 284 g/mol. The molecule has 0 saturated carbocycles. The summed E-state index contributed by atoms with van der Waals surface area (Å²) in [7, 11) is 0. The lowest BCUT2D eigenvalue weighted by Crippen LogP contribution is -2.24. The van der Waals surface area contributed by atoms with Crippen molar-refractivity contribution in [2.45, 2.75) is 39.2 Å². The van der Waals surface area contributed by atoms with E-state index >= 15 is 0 Å². The molecule has 0 heterocycles. The molecule has 0 aliphatic carbocycles. The second-order valence-corrected chi connectivity index (χ2v) is 7.42. The van der Waals surface area contributed by atoms with Crippen LogP contribution < -0.4 is 0 Å². The summed E-state index contributed by atoms with van der Waals surface area (Å²) in [4.78, 5) is 22.7. The first-order chi connectivity index (χ1) is 8.81. The van der Waals surface area contributed by atoms with Crippen molar-refractivity contribution in [3.8, 4) is 0 Å². The fourth-order valence-electron chi connectivity index (χ4n) is 1.24. The molecule has 0 unspecified atom stereocenters. The average molecular weight is 308 g/mol. The number of hydrogen-bond acceptors (Lipinski definition) is 6. The molecule has 0 aromatic heterocycles. The standard InChI is InChI=1S/C13H24O4S2/c1-6-16-10(14)8-18-12(13(3,4)5)19-9-11(15)17-7-2/h12H,6-9H2,1-5H3. The molecule has 6 heteroatoms. The second-order valence-electron chi connectivity index (χ2n) is 4.93. The van der Waals surface area contributed by atoms with Gasteiger partial charge in [-0.25, -0.2) is 0 Å². The summed E-state index contributed by atoms with van der Waals surface area (Å²) in [5.74, 6) is 0.203. The highest BCUT2D eigenvalue weighted by Crippen LogP contribution is 2.38. The summed E-state index contributed by atoms with van der Waals surface area (Å²) >= 11 is 3.03. The van der Waals surface area contributed by atoms with Crippen molar-refractivity contribution in [2.75, 3.05) is 24.7 Å². The molecule has 0 aliphatic rings. The highest BCUT2D eigenvalue weighted by atomic mass is 32.2. The summed E-state index contributed by atoms with van der Waals surface area (Å²) in [5, 5.41) is 0. The van der Waals surface area contributed by atoms with Gasteiger partial charge in [0.1, 0.15) is 0 Å². The minimum Gasteiger partial charge on any atom is -0.465 e. The van der Waals surface area contributed by atoms with Crippen molar-refractivity contribution in [1.82, 2.24) is 0 Å². The van der Waals surface area contributed by atoms with E-state index in [1.165, 1.54) is 23.5 Å². The summed E-state index contributed by atoms with van der Waals surface area (Å²) in [6.45, 7) is 10.7. The van der Waals surface area contributed by atoms with Crippen molar-refractivity contribution in [3.05, 3.63) is 0 Å². The predicted octanol–water partition coefficient (Wildman–Crippen LogP) is 2.95. The molecule has 0 N–H and O–H groups in total. The molecule has 0 amide bonds. The lowest BCUT2D eigenvalue weighted by atomic mass is 10.0. The lowest BCUT2D eigenvalue weighted by molar-refractivity contribution is -0.140. The van der Waals surface area contributed by atoms with E-state index < -0.39 is 0 Å². The number of esters is 2. The zero-order valence-electron chi connectivity index (χ0n) is 12.4. The third kappa shape index (κ3) is 9.21. The molecule has 0 aromatic rings. The Morgan fingerprint density at radius 2 is 1.32 bits per heavy atom. The fourth-order valence-corrected chi connectivity index (χ4v) is 3.78. The molecule has 0 aliphatic heterocycles. The van der Waals surface area contributed by atoms with Crippen LogP contribution >= 0.6 is 23.5 Å². The van der Waals surface area contributed by atoms with Gasteiger partial charge in [-0.15, -0.1) is 23.5 Å². The molecule has 0 fully saturated rings. The topological polar surface area (TPSA) is 52.6 Å². The molecule has 0 saturated heterocycles. The van der Waals surface area contributed by atoms with Crippen molar-refractivity contribution >= 4 is 35.5 Å². The highest BCUT2D eigenvalue weighted by molar-refractivity contribution is 8.17. The minimum absolute atomic E-state index is 0.00563. The van der Waals surface area contributed by atoms with E-state index in [1.807, 2.05) is 0 Å². The Morgan fingerprint density at radius 1 is 0.947 bits per heavy atom. The van der Waals surface area contributed by atoms with Gasteiger partial charge < -0.3 is 9.47 Å². The van der Waals surface area contributed by atoms with Crippen LogP contribution in [-0.4, -0.2) is 41.2 Å². The average Bonchev–Trinajstić information content (AvgIpc) is 2.27. The third-order valence-corrected chi connectivity index (χ3v) is 5.66. The number of carbonyl (C=O) groups is 2. The van der Waals surface area contributed by atoms with E-state index in [9.17, 15) is 9.59 Å². The van der Waals surface area contributed by atoms with Crippen LogP contribution in [0.3, 0.4) is 0 Å². The van der Waals surface area contributed by atoms with Crippen molar-refractivity contribution in [1.29, 1.82) is 0 Å². The second kappa shape index (κ2) is 9.53. The Hall–Kier alpha value is -0.360. The van der Waals surface area contributed by atoms with E-state index in [4.69, 9.17) is 9.47 Å². The molecule has 0 rings (SSSR count). The number of rotatable bonds is 8. The number of carbonyl (C=O) groups excluding carboxylic acids is 2. The lowest BCUT2D eigenvalue weighted by Gasteiger charge is -2.29. The Kier molecular flexibility index (Phi) is 9.35. The van der Waals surface area contributed by atoms with Crippen molar-refractivity contribution in [2.24, 2.45) is 5.41 Å². The zero-order valence-corrected chi connectivity index (χ0v) is 14.0. The summed E-state index contributed by atoms with van der Waals surface area (Å²) in [6.07, 6.45) is 0. The molecule has 0 atom stereocenters. The van der Waals surface area contributed by atoms with Gasteiger partial charge in [0.15, 0.2) is 0 Å². The number of hydrogen-bond donors (Lipinski definition) is 0. The Bertz CT molecular complexity index is 265. The highest BCUT2D eigenvalue weighted by Gasteiger charge is 2.27. The third-order valence-electron chi connectivity index (χ3n) is 2.02. The Morgan fingerprint density at radius 3 is 1.58 bits per heavy atom. The van der Waals surface area contributed by atoms with Gasteiger partial charge in [-0.2, -0.15) is 0 Å². The van der Waals surface area contributed by atoms with Crippen LogP contribution in [0.25, 0.3) is 0 Å². The van der Waals surface area contributed by atoms with Gasteiger partial charge in [0.2, 0.25) is 0 Å². The van der Waals surface area contributed by atoms with Gasteiger partial charge in [-0.3, -0.25) is 9.59 Å². The van der Waals surface area contributed by atoms with Crippen LogP contribution in [0.5, 0.6) is 0 Å². The fraction of sp³-hybridized carbons (Fsp3) is 0.846. The summed E-state index contributed by atoms with van der Waals surface area (Å²) in [6, 6.07) is 0. The van der Waals surface area contributed by atoms with E-state index in [2.05, 4.69) is 20.8 Å². The maximum atomic E-state index is 11.4. The van der Waals surface area contributed by atoms with Gasteiger partial charge in [0, 0.05) is 0 Å². The minimum atomic E-state index is -0.210. The van der Waals surface area contributed by atoms with Crippen LogP contribution in [-0.2, 0) is 19.1 Å². The van der Waals surface area contributed by atoms with E-state index in [-0.39, 0.29) is 21.9 Å². The van der Waals surface area contributed by atoms with Gasteiger partial charge >= 0.3 is 11.9 Å². The zero-order chi connectivity index (χ0) is 14.9. The molecule has 0 aromatic carbocycles. The first-order valence-corrected chi connectivity index (χ1v) is 8.45. The van der Waals surface area contributed by atoms with Crippen LogP contribution in [0.2, 0.25) is 0 Å². The number of ether oxygens (including phenoxy) is 2. The molecule has 19 heavy (non-hydrogen) atoms. The predicted molar refractivity (Wildman–Crippen MR) is 81.4 cm³/mol. The van der Waals surface area contributed by atoms with Crippen LogP contribution in [0, 0.1) is 5.41 Å². The first-order valence-electron chi connectivity index (χ1n) is 6.35. The quantitative estimate of drug-likeness (QED) is 0.507. The molecule has 0 spiro atoms. The smallest absolute Gasteiger partial charge is 0.315 e. The van der Waals surface area contributed by atoms with Crippen LogP contribution in [0.4, 0.5) is 0 Å². The van der Waals surface area contributed by atoms with E-state index in [0.29, 0.717) is 24.7 Å². The Balaban J connectivity index is 4.25. The van der Waals surface area contributed by atoms with E-state index in [0.717, 1.165) is 0 Å². The molecule has 112 valence electrons. The first kappa shape index (κ1) is 18.6. The SMILES string of the molecule is CCOC(=O)CSC(SCC(=O)OCC)C(C)(C)C. The summed E-state index contributed by atoms with van der Waals surface area (Å²) < 4.78 is 9.96. The van der Waals surface area contributed by atoms with Crippen molar-refractivity contribution < 1.29 is 19.1 Å². The summed E-state index contributed by atoms with van der Waals surface area (Å²) in [5.41, 5.74) is -0.00563. The molecule has 4 nitrogen and oxygen atoms in total. The van der Waals surface area contributed by atoms with E-state index in [1.54, 1.807) is 13.8 Å². The number of thioether (sulfide) groups is 2. The Labute approximate surface area is 124 Å². The molecule has 0 bridgehead atoms.